The highest BCUT2D eigenvalue weighted by atomic mass is 32.1. The molecule has 2 saturated carbocycles. The number of nitrogens with one attached hydrogen (secondary N) is 1. The van der Waals surface area contributed by atoms with Gasteiger partial charge >= 0.3 is 0 Å². The molecule has 2 aliphatic rings. The maximum atomic E-state index is 12.5. The quantitative estimate of drug-likeness (QED) is 0.890. The normalized spacial score (nSPS) is 31.9. The average molecular weight is 286 g/mol. The van der Waals surface area contributed by atoms with E-state index < -0.39 is 0 Å². The van der Waals surface area contributed by atoms with Crippen LogP contribution < -0.4 is 11.1 Å². The van der Waals surface area contributed by atoms with Crippen LogP contribution in [0.2, 0.25) is 0 Å². The molecule has 4 atom stereocenters. The van der Waals surface area contributed by atoms with E-state index in [9.17, 15) is 4.79 Å². The van der Waals surface area contributed by atoms with E-state index in [1.807, 2.05) is 12.1 Å². The monoisotopic (exact) mass is 286 g/mol. The molecular formula is C16H18N2OS. The summed E-state index contributed by atoms with van der Waals surface area (Å²) in [5.41, 5.74) is 7.12. The topological polar surface area (TPSA) is 55.1 Å². The number of anilines is 1. The Bertz CT molecular complexity index is 663. The molecule has 104 valence electrons. The first-order chi connectivity index (χ1) is 9.72. The largest absolute Gasteiger partial charge is 0.327 e. The van der Waals surface area contributed by atoms with Gasteiger partial charge < -0.3 is 11.1 Å². The Hall–Kier alpha value is -1.39. The van der Waals surface area contributed by atoms with E-state index in [1.165, 1.54) is 22.9 Å². The van der Waals surface area contributed by atoms with Crippen LogP contribution in [0, 0.1) is 17.8 Å². The molecule has 0 spiro atoms. The van der Waals surface area contributed by atoms with Crippen LogP contribution >= 0.6 is 11.3 Å². The zero-order valence-corrected chi connectivity index (χ0v) is 12.0. The molecule has 2 bridgehead atoms. The molecule has 2 fully saturated rings. The number of rotatable bonds is 2. The van der Waals surface area contributed by atoms with Crippen molar-refractivity contribution in [3.05, 3.63) is 29.6 Å². The number of fused-ring (bicyclic) bond motifs is 3. The van der Waals surface area contributed by atoms with Crippen molar-refractivity contribution in [1.29, 1.82) is 0 Å². The minimum absolute atomic E-state index is 0.00641. The van der Waals surface area contributed by atoms with Gasteiger partial charge in [0.2, 0.25) is 5.91 Å². The number of amides is 1. The van der Waals surface area contributed by atoms with Crippen molar-refractivity contribution in [3.8, 4) is 0 Å². The van der Waals surface area contributed by atoms with E-state index in [1.54, 1.807) is 11.3 Å². The van der Waals surface area contributed by atoms with Crippen molar-refractivity contribution in [3.63, 3.8) is 0 Å². The standard InChI is InChI=1S/C16H18N2OS/c17-15-11-2-1-10(7-11)14(15)16(19)18-12-3-4-13-9(8-12)5-6-20-13/h3-6,8,10-11,14-15H,1-2,7,17H2,(H,18,19). The minimum atomic E-state index is 0.00641. The summed E-state index contributed by atoms with van der Waals surface area (Å²) >= 11 is 1.72. The smallest absolute Gasteiger partial charge is 0.229 e. The van der Waals surface area contributed by atoms with Gasteiger partial charge in [-0.2, -0.15) is 0 Å². The van der Waals surface area contributed by atoms with Crippen molar-refractivity contribution >= 4 is 33.0 Å². The first kappa shape index (κ1) is 12.4. The van der Waals surface area contributed by atoms with Crippen LogP contribution in [0.15, 0.2) is 29.6 Å². The third kappa shape index (κ3) is 1.86. The zero-order valence-electron chi connectivity index (χ0n) is 11.2. The third-order valence-corrected chi connectivity index (χ3v) is 5.90. The summed E-state index contributed by atoms with van der Waals surface area (Å²) in [6.45, 7) is 0. The van der Waals surface area contributed by atoms with Gasteiger partial charge in [0, 0.05) is 16.4 Å². The molecule has 3 N–H and O–H groups in total. The lowest BCUT2D eigenvalue weighted by molar-refractivity contribution is -0.121. The van der Waals surface area contributed by atoms with E-state index in [2.05, 4.69) is 22.8 Å². The van der Waals surface area contributed by atoms with Crippen LogP contribution in [0.5, 0.6) is 0 Å². The number of carbonyl (C=O) groups is 1. The molecule has 0 aliphatic heterocycles. The van der Waals surface area contributed by atoms with Crippen LogP contribution in [-0.2, 0) is 4.79 Å². The molecule has 4 unspecified atom stereocenters. The Kier molecular flexibility index (Phi) is 2.82. The SMILES string of the molecule is NC1C2CCC(C2)C1C(=O)Nc1ccc2sccc2c1. The minimum Gasteiger partial charge on any atom is -0.327 e. The van der Waals surface area contributed by atoms with Crippen LogP contribution in [0.25, 0.3) is 10.1 Å². The van der Waals surface area contributed by atoms with Crippen LogP contribution in [0.3, 0.4) is 0 Å². The highest BCUT2D eigenvalue weighted by molar-refractivity contribution is 7.17. The van der Waals surface area contributed by atoms with Crippen LogP contribution in [0.1, 0.15) is 19.3 Å². The highest BCUT2D eigenvalue weighted by Gasteiger charge is 2.49. The van der Waals surface area contributed by atoms with Gasteiger partial charge in [0.05, 0.1) is 5.92 Å². The summed E-state index contributed by atoms with van der Waals surface area (Å²) in [6.07, 6.45) is 3.51. The molecule has 1 aromatic carbocycles. The molecule has 2 aromatic rings. The van der Waals surface area contributed by atoms with Crippen LogP contribution in [0.4, 0.5) is 5.69 Å². The van der Waals surface area contributed by atoms with Gasteiger partial charge in [-0.1, -0.05) is 0 Å². The second-order valence-electron chi connectivity index (χ2n) is 6.10. The molecule has 0 saturated heterocycles. The third-order valence-electron chi connectivity index (χ3n) is 5.00. The van der Waals surface area contributed by atoms with Gasteiger partial charge in [-0.3, -0.25) is 4.79 Å². The number of hydrogen-bond acceptors (Lipinski definition) is 3. The number of thiophene rings is 1. The van der Waals surface area contributed by atoms with Gasteiger partial charge in [-0.15, -0.1) is 11.3 Å². The Labute approximate surface area is 122 Å². The van der Waals surface area contributed by atoms with Gasteiger partial charge in [-0.05, 0) is 66.1 Å². The molecule has 1 heterocycles. The van der Waals surface area contributed by atoms with Gasteiger partial charge in [0.1, 0.15) is 0 Å². The molecule has 1 aromatic heterocycles. The summed E-state index contributed by atoms with van der Waals surface area (Å²) < 4.78 is 1.25. The molecule has 4 heteroatoms. The molecule has 2 aliphatic carbocycles. The van der Waals surface area contributed by atoms with E-state index >= 15 is 0 Å². The first-order valence-corrected chi connectivity index (χ1v) is 8.14. The average Bonchev–Trinajstić information content (AvgIpc) is 3.12. The van der Waals surface area contributed by atoms with Crippen LogP contribution in [-0.4, -0.2) is 11.9 Å². The first-order valence-electron chi connectivity index (χ1n) is 7.26. The predicted octanol–water partition coefficient (Wildman–Crippen LogP) is 3.21. The molecule has 3 nitrogen and oxygen atoms in total. The Balaban J connectivity index is 1.54. The summed E-state index contributed by atoms with van der Waals surface area (Å²) in [7, 11) is 0. The lowest BCUT2D eigenvalue weighted by Gasteiger charge is -2.27. The molecule has 0 radical (unpaired) electrons. The Morgan fingerprint density at radius 2 is 2.10 bits per heavy atom. The van der Waals surface area contributed by atoms with E-state index in [-0.39, 0.29) is 17.9 Å². The summed E-state index contributed by atoms with van der Waals surface area (Å²) in [5.74, 6) is 1.18. The van der Waals surface area contributed by atoms with Gasteiger partial charge in [0.15, 0.2) is 0 Å². The lowest BCUT2D eigenvalue weighted by atomic mass is 9.84. The molecular weight excluding hydrogens is 268 g/mol. The molecule has 1 amide bonds. The fourth-order valence-electron chi connectivity index (χ4n) is 3.99. The van der Waals surface area contributed by atoms with Gasteiger partial charge in [-0.25, -0.2) is 0 Å². The van der Waals surface area contributed by atoms with E-state index in [0.717, 1.165) is 12.1 Å². The molecule has 4 rings (SSSR count). The summed E-state index contributed by atoms with van der Waals surface area (Å²) in [5, 5.41) is 6.32. The molecule has 20 heavy (non-hydrogen) atoms. The van der Waals surface area contributed by atoms with Crippen molar-refractivity contribution in [2.24, 2.45) is 23.5 Å². The maximum Gasteiger partial charge on any atom is 0.229 e. The fourth-order valence-corrected chi connectivity index (χ4v) is 4.77. The summed E-state index contributed by atoms with van der Waals surface area (Å²) in [6, 6.07) is 8.23. The number of benzene rings is 1. The maximum absolute atomic E-state index is 12.5. The summed E-state index contributed by atoms with van der Waals surface area (Å²) in [4.78, 5) is 12.5. The number of hydrogen-bond donors (Lipinski definition) is 2. The Morgan fingerprint density at radius 1 is 1.25 bits per heavy atom. The van der Waals surface area contributed by atoms with Gasteiger partial charge in [0.25, 0.3) is 0 Å². The lowest BCUT2D eigenvalue weighted by Crippen LogP contribution is -2.42. The van der Waals surface area contributed by atoms with Crippen molar-refractivity contribution < 1.29 is 4.79 Å². The predicted molar refractivity (Wildman–Crippen MR) is 82.8 cm³/mol. The number of nitrogens with two attached hydrogens (primary N) is 1. The number of carbonyl (C=O) groups excluding carboxylic acids is 1. The van der Waals surface area contributed by atoms with Crippen molar-refractivity contribution in [2.45, 2.75) is 25.3 Å². The Morgan fingerprint density at radius 3 is 2.90 bits per heavy atom. The second kappa shape index (κ2) is 4.57. The van der Waals surface area contributed by atoms with Crippen molar-refractivity contribution in [2.75, 3.05) is 5.32 Å². The van der Waals surface area contributed by atoms with E-state index in [0.29, 0.717) is 11.8 Å². The zero-order chi connectivity index (χ0) is 13.7. The van der Waals surface area contributed by atoms with E-state index in [4.69, 9.17) is 5.73 Å². The van der Waals surface area contributed by atoms with Crippen molar-refractivity contribution in [1.82, 2.24) is 0 Å². The highest BCUT2D eigenvalue weighted by Crippen LogP contribution is 2.47. The second-order valence-corrected chi connectivity index (χ2v) is 7.05. The fraction of sp³-hybridized carbons (Fsp3) is 0.438.